The van der Waals surface area contributed by atoms with Crippen molar-refractivity contribution in [2.24, 2.45) is 11.7 Å². The fourth-order valence-corrected chi connectivity index (χ4v) is 2.23. The standard InChI is InChI=1S/C16H22N4O/c1-12(15(17)14-6-4-3-5-7-14)16(21)19-9-11-20-10-8-18-13(20)2/h3-8,10,12,15H,9,11,17H2,1-2H3,(H,19,21). The molecule has 0 fully saturated rings. The Bertz CT molecular complexity index is 579. The maximum absolute atomic E-state index is 12.2. The monoisotopic (exact) mass is 286 g/mol. The molecular formula is C16H22N4O. The molecule has 2 rings (SSSR count). The molecule has 1 heterocycles. The van der Waals surface area contributed by atoms with E-state index in [0.717, 1.165) is 11.4 Å². The average molecular weight is 286 g/mol. The molecule has 0 aliphatic rings. The first-order valence-corrected chi connectivity index (χ1v) is 7.15. The number of imidazole rings is 1. The van der Waals surface area contributed by atoms with Crippen molar-refractivity contribution in [1.82, 2.24) is 14.9 Å². The van der Waals surface area contributed by atoms with E-state index in [1.165, 1.54) is 0 Å². The topological polar surface area (TPSA) is 72.9 Å². The van der Waals surface area contributed by atoms with E-state index in [2.05, 4.69) is 10.3 Å². The van der Waals surface area contributed by atoms with Crippen LogP contribution in [0.25, 0.3) is 0 Å². The largest absolute Gasteiger partial charge is 0.354 e. The van der Waals surface area contributed by atoms with E-state index in [-0.39, 0.29) is 17.9 Å². The van der Waals surface area contributed by atoms with Crippen LogP contribution in [0.1, 0.15) is 24.4 Å². The highest BCUT2D eigenvalue weighted by Crippen LogP contribution is 2.18. The molecule has 112 valence electrons. The second kappa shape index (κ2) is 7.04. The van der Waals surface area contributed by atoms with E-state index in [0.29, 0.717) is 13.1 Å². The Morgan fingerprint density at radius 1 is 1.38 bits per heavy atom. The van der Waals surface area contributed by atoms with Crippen molar-refractivity contribution in [1.29, 1.82) is 0 Å². The summed E-state index contributed by atoms with van der Waals surface area (Å²) in [6.45, 7) is 5.08. The van der Waals surface area contributed by atoms with Gasteiger partial charge in [-0.25, -0.2) is 4.98 Å². The van der Waals surface area contributed by atoms with Crippen molar-refractivity contribution in [3.05, 3.63) is 54.1 Å². The Morgan fingerprint density at radius 3 is 2.71 bits per heavy atom. The van der Waals surface area contributed by atoms with E-state index < -0.39 is 0 Å². The molecule has 3 N–H and O–H groups in total. The molecule has 1 aromatic carbocycles. The lowest BCUT2D eigenvalue weighted by molar-refractivity contribution is -0.125. The van der Waals surface area contributed by atoms with Crippen molar-refractivity contribution < 1.29 is 4.79 Å². The molecule has 0 aliphatic carbocycles. The number of hydrogen-bond donors (Lipinski definition) is 2. The van der Waals surface area contributed by atoms with Gasteiger partial charge >= 0.3 is 0 Å². The number of carbonyl (C=O) groups is 1. The normalized spacial score (nSPS) is 13.7. The third kappa shape index (κ3) is 3.92. The lowest BCUT2D eigenvalue weighted by Gasteiger charge is -2.20. The van der Waals surface area contributed by atoms with Crippen LogP contribution in [0.15, 0.2) is 42.7 Å². The number of aryl methyl sites for hydroxylation is 1. The molecule has 0 saturated carbocycles. The van der Waals surface area contributed by atoms with Gasteiger partial charge < -0.3 is 15.6 Å². The number of nitrogens with one attached hydrogen (secondary N) is 1. The fraction of sp³-hybridized carbons (Fsp3) is 0.375. The molecule has 2 aromatic rings. The molecule has 5 heteroatoms. The van der Waals surface area contributed by atoms with Crippen LogP contribution in [0, 0.1) is 12.8 Å². The molecule has 2 unspecified atom stereocenters. The van der Waals surface area contributed by atoms with Gasteiger partial charge in [-0.2, -0.15) is 0 Å². The molecule has 0 spiro atoms. The highest BCUT2D eigenvalue weighted by atomic mass is 16.1. The van der Waals surface area contributed by atoms with E-state index in [4.69, 9.17) is 5.73 Å². The zero-order valence-electron chi connectivity index (χ0n) is 12.5. The van der Waals surface area contributed by atoms with E-state index in [1.807, 2.05) is 54.9 Å². The van der Waals surface area contributed by atoms with Gasteiger partial charge in [0.2, 0.25) is 5.91 Å². The first-order valence-electron chi connectivity index (χ1n) is 7.15. The Kier molecular flexibility index (Phi) is 5.11. The van der Waals surface area contributed by atoms with Gasteiger partial charge in [0.25, 0.3) is 0 Å². The van der Waals surface area contributed by atoms with Crippen LogP contribution in [-0.4, -0.2) is 22.0 Å². The minimum absolute atomic E-state index is 0.0240. The van der Waals surface area contributed by atoms with Gasteiger partial charge in [0.05, 0.1) is 5.92 Å². The smallest absolute Gasteiger partial charge is 0.224 e. The number of nitrogens with zero attached hydrogens (tertiary/aromatic N) is 2. The summed E-state index contributed by atoms with van der Waals surface area (Å²) in [6.07, 6.45) is 3.66. The van der Waals surface area contributed by atoms with Gasteiger partial charge in [-0.3, -0.25) is 4.79 Å². The SMILES string of the molecule is Cc1nccn1CCNC(=O)C(C)C(N)c1ccccc1. The first kappa shape index (κ1) is 15.3. The van der Waals surface area contributed by atoms with Crippen LogP contribution in [0.5, 0.6) is 0 Å². The van der Waals surface area contributed by atoms with Crippen LogP contribution in [0.2, 0.25) is 0 Å². The van der Waals surface area contributed by atoms with E-state index >= 15 is 0 Å². The minimum Gasteiger partial charge on any atom is -0.354 e. The van der Waals surface area contributed by atoms with Crippen LogP contribution in [-0.2, 0) is 11.3 Å². The lowest BCUT2D eigenvalue weighted by Crippen LogP contribution is -2.37. The summed E-state index contributed by atoms with van der Waals surface area (Å²) >= 11 is 0. The third-order valence-electron chi connectivity index (χ3n) is 3.71. The number of amides is 1. The van der Waals surface area contributed by atoms with Crippen LogP contribution < -0.4 is 11.1 Å². The molecule has 1 aromatic heterocycles. The van der Waals surface area contributed by atoms with Gasteiger partial charge in [0.1, 0.15) is 5.82 Å². The molecule has 21 heavy (non-hydrogen) atoms. The van der Waals surface area contributed by atoms with Crippen molar-refractivity contribution in [3.8, 4) is 0 Å². The highest BCUT2D eigenvalue weighted by Gasteiger charge is 2.21. The highest BCUT2D eigenvalue weighted by molar-refractivity contribution is 5.79. The molecule has 1 amide bonds. The van der Waals surface area contributed by atoms with Crippen molar-refractivity contribution in [2.45, 2.75) is 26.4 Å². The number of carbonyl (C=O) groups excluding carboxylic acids is 1. The predicted octanol–water partition coefficient (Wildman–Crippen LogP) is 1.64. The summed E-state index contributed by atoms with van der Waals surface area (Å²) in [5.41, 5.74) is 7.13. The maximum Gasteiger partial charge on any atom is 0.224 e. The molecule has 0 radical (unpaired) electrons. The van der Waals surface area contributed by atoms with Gasteiger partial charge in [0, 0.05) is 31.5 Å². The van der Waals surface area contributed by atoms with Gasteiger partial charge in [0.15, 0.2) is 0 Å². The van der Waals surface area contributed by atoms with Gasteiger partial charge in [-0.15, -0.1) is 0 Å². The Labute approximate surface area is 125 Å². The Hall–Kier alpha value is -2.14. The van der Waals surface area contributed by atoms with Gasteiger partial charge in [-0.05, 0) is 12.5 Å². The molecule has 0 bridgehead atoms. The second-order valence-corrected chi connectivity index (χ2v) is 5.18. The quantitative estimate of drug-likeness (QED) is 0.848. The number of nitrogens with two attached hydrogens (primary N) is 1. The summed E-state index contributed by atoms with van der Waals surface area (Å²) in [6, 6.07) is 9.41. The lowest BCUT2D eigenvalue weighted by atomic mass is 9.95. The van der Waals surface area contributed by atoms with E-state index in [1.54, 1.807) is 6.20 Å². The Balaban J connectivity index is 1.84. The Morgan fingerprint density at radius 2 is 2.10 bits per heavy atom. The summed E-state index contributed by atoms with van der Waals surface area (Å²) in [4.78, 5) is 16.3. The summed E-state index contributed by atoms with van der Waals surface area (Å²) < 4.78 is 2.00. The molecule has 0 saturated heterocycles. The predicted molar refractivity (Wildman–Crippen MR) is 82.5 cm³/mol. The summed E-state index contributed by atoms with van der Waals surface area (Å²) in [7, 11) is 0. The van der Waals surface area contributed by atoms with Crippen LogP contribution >= 0.6 is 0 Å². The number of benzene rings is 1. The minimum atomic E-state index is -0.291. The zero-order valence-corrected chi connectivity index (χ0v) is 12.5. The van der Waals surface area contributed by atoms with E-state index in [9.17, 15) is 4.79 Å². The fourth-order valence-electron chi connectivity index (χ4n) is 2.23. The van der Waals surface area contributed by atoms with Crippen molar-refractivity contribution in [2.75, 3.05) is 6.54 Å². The van der Waals surface area contributed by atoms with Crippen molar-refractivity contribution in [3.63, 3.8) is 0 Å². The maximum atomic E-state index is 12.2. The number of aromatic nitrogens is 2. The average Bonchev–Trinajstić information content (AvgIpc) is 2.92. The third-order valence-corrected chi connectivity index (χ3v) is 3.71. The van der Waals surface area contributed by atoms with Crippen LogP contribution in [0.4, 0.5) is 0 Å². The first-order chi connectivity index (χ1) is 10.1. The number of hydrogen-bond acceptors (Lipinski definition) is 3. The molecular weight excluding hydrogens is 264 g/mol. The zero-order chi connectivity index (χ0) is 15.2. The van der Waals surface area contributed by atoms with Gasteiger partial charge in [-0.1, -0.05) is 37.3 Å². The molecule has 0 aliphatic heterocycles. The summed E-state index contributed by atoms with van der Waals surface area (Å²) in [5, 5.41) is 2.93. The molecule has 5 nitrogen and oxygen atoms in total. The summed E-state index contributed by atoms with van der Waals surface area (Å²) in [5.74, 6) is 0.652. The van der Waals surface area contributed by atoms with Crippen LogP contribution in [0.3, 0.4) is 0 Å². The van der Waals surface area contributed by atoms with Crippen molar-refractivity contribution >= 4 is 5.91 Å². The number of rotatable bonds is 6. The second-order valence-electron chi connectivity index (χ2n) is 5.18. The molecule has 2 atom stereocenters.